The summed E-state index contributed by atoms with van der Waals surface area (Å²) in [5, 5.41) is 0. The number of hydrogen-bond acceptors (Lipinski definition) is 4. The van der Waals surface area contributed by atoms with Crippen LogP contribution in [0.5, 0.6) is 5.75 Å². The average Bonchev–Trinajstić information content (AvgIpc) is 2.34. The molecule has 0 saturated heterocycles. The fourth-order valence-electron chi connectivity index (χ4n) is 1.17. The lowest BCUT2D eigenvalue weighted by molar-refractivity contribution is 0.0918. The molecule has 1 aliphatic rings. The van der Waals surface area contributed by atoms with E-state index in [1.54, 1.807) is 24.3 Å². The minimum Gasteiger partial charge on any atom is -0.383 e. The SMILES string of the molecule is O=C1c2ccccc2OS(=O)N1SC(Cl)=C(Cl)Cl. The second-order valence-electron chi connectivity index (χ2n) is 2.98. The molecule has 1 heterocycles. The van der Waals surface area contributed by atoms with E-state index < -0.39 is 17.2 Å². The summed E-state index contributed by atoms with van der Waals surface area (Å²) < 4.78 is 17.4. The summed E-state index contributed by atoms with van der Waals surface area (Å²) in [5.74, 6) is -0.234. The normalized spacial score (nSPS) is 18.1. The highest BCUT2D eigenvalue weighted by molar-refractivity contribution is 8.10. The van der Waals surface area contributed by atoms with Crippen LogP contribution in [0, 0.1) is 0 Å². The zero-order chi connectivity index (χ0) is 13.3. The zero-order valence-electron chi connectivity index (χ0n) is 8.43. The number of carbonyl (C=O) groups excluding carboxylic acids is 1. The molecule has 1 amide bonds. The summed E-state index contributed by atoms with van der Waals surface area (Å²) in [5.41, 5.74) is 0.291. The Morgan fingerprint density at radius 1 is 1.28 bits per heavy atom. The van der Waals surface area contributed by atoms with Crippen LogP contribution in [0.3, 0.4) is 0 Å². The van der Waals surface area contributed by atoms with Gasteiger partial charge in [-0.1, -0.05) is 46.9 Å². The highest BCUT2D eigenvalue weighted by Gasteiger charge is 2.33. The van der Waals surface area contributed by atoms with Gasteiger partial charge in [0.2, 0.25) is 0 Å². The molecule has 0 fully saturated rings. The fraction of sp³-hybridized carbons (Fsp3) is 0. The van der Waals surface area contributed by atoms with Crippen molar-refractivity contribution in [3.8, 4) is 5.75 Å². The molecule has 1 aromatic rings. The Morgan fingerprint density at radius 3 is 2.61 bits per heavy atom. The van der Waals surface area contributed by atoms with Crippen molar-refractivity contribution in [2.24, 2.45) is 0 Å². The van der Waals surface area contributed by atoms with Crippen molar-refractivity contribution in [1.82, 2.24) is 3.71 Å². The van der Waals surface area contributed by atoms with E-state index in [2.05, 4.69) is 0 Å². The molecule has 0 bridgehead atoms. The Bertz CT molecular complexity index is 560. The van der Waals surface area contributed by atoms with E-state index in [9.17, 15) is 9.00 Å². The van der Waals surface area contributed by atoms with E-state index in [1.807, 2.05) is 0 Å². The van der Waals surface area contributed by atoms with Crippen molar-refractivity contribution in [3.05, 3.63) is 38.7 Å². The van der Waals surface area contributed by atoms with Gasteiger partial charge in [-0.05, 0) is 12.1 Å². The molecular formula is C9H4Cl3NO3S2. The van der Waals surface area contributed by atoms with E-state index in [0.717, 1.165) is 3.71 Å². The predicted octanol–water partition coefficient (Wildman–Crippen LogP) is 3.59. The molecule has 18 heavy (non-hydrogen) atoms. The zero-order valence-corrected chi connectivity index (χ0v) is 12.3. The molecule has 0 aliphatic carbocycles. The second-order valence-corrected chi connectivity index (χ2v) is 6.69. The van der Waals surface area contributed by atoms with E-state index in [-0.39, 0.29) is 14.6 Å². The Morgan fingerprint density at radius 2 is 1.94 bits per heavy atom. The molecule has 2 rings (SSSR count). The first-order chi connectivity index (χ1) is 8.50. The van der Waals surface area contributed by atoms with Crippen molar-refractivity contribution in [3.63, 3.8) is 0 Å². The number of nitrogens with zero attached hydrogens (tertiary/aromatic N) is 1. The van der Waals surface area contributed by atoms with Gasteiger partial charge in [0.1, 0.15) is 8.86 Å². The molecular weight excluding hydrogens is 341 g/mol. The molecule has 1 unspecified atom stereocenters. The quantitative estimate of drug-likeness (QED) is 0.769. The molecule has 0 N–H and O–H groups in total. The number of rotatable bonds is 2. The van der Waals surface area contributed by atoms with Crippen LogP contribution < -0.4 is 4.18 Å². The van der Waals surface area contributed by atoms with Gasteiger partial charge in [-0.15, -0.1) is 0 Å². The molecule has 96 valence electrons. The third-order valence-electron chi connectivity index (χ3n) is 1.89. The minimum atomic E-state index is -2.00. The van der Waals surface area contributed by atoms with Gasteiger partial charge in [-0.25, -0.2) is 0 Å². The maximum Gasteiger partial charge on any atom is 0.332 e. The van der Waals surface area contributed by atoms with Crippen LogP contribution in [-0.4, -0.2) is 13.8 Å². The molecule has 9 heteroatoms. The first-order valence-electron chi connectivity index (χ1n) is 4.43. The summed E-state index contributed by atoms with van der Waals surface area (Å²) in [6, 6.07) is 6.46. The number of halogens is 3. The Balaban J connectivity index is 2.33. The highest BCUT2D eigenvalue weighted by Crippen LogP contribution is 2.37. The molecule has 1 atom stereocenters. The van der Waals surface area contributed by atoms with Gasteiger partial charge in [-0.3, -0.25) is 4.79 Å². The van der Waals surface area contributed by atoms with Crippen molar-refractivity contribution in [2.75, 3.05) is 0 Å². The number of hydrogen-bond donors (Lipinski definition) is 0. The van der Waals surface area contributed by atoms with Crippen LogP contribution in [0.15, 0.2) is 33.1 Å². The average molecular weight is 345 g/mol. The second kappa shape index (κ2) is 5.71. The largest absolute Gasteiger partial charge is 0.383 e. The molecule has 0 radical (unpaired) electrons. The van der Waals surface area contributed by atoms with Crippen LogP contribution in [0.1, 0.15) is 10.4 Å². The van der Waals surface area contributed by atoms with Crippen molar-refractivity contribution in [1.29, 1.82) is 0 Å². The summed E-state index contributed by atoms with van der Waals surface area (Å²) in [4.78, 5) is 12.0. The Hall–Kier alpha value is -0.400. The maximum absolute atomic E-state index is 12.0. The minimum absolute atomic E-state index is 0.0667. The third kappa shape index (κ3) is 2.78. The van der Waals surface area contributed by atoms with Crippen LogP contribution >= 0.6 is 46.8 Å². The first-order valence-corrected chi connectivity index (χ1v) is 7.37. The van der Waals surface area contributed by atoms with E-state index in [0.29, 0.717) is 17.5 Å². The van der Waals surface area contributed by atoms with Gasteiger partial charge in [0.05, 0.1) is 5.56 Å². The van der Waals surface area contributed by atoms with E-state index in [1.165, 1.54) is 0 Å². The lowest BCUT2D eigenvalue weighted by Gasteiger charge is -2.24. The van der Waals surface area contributed by atoms with Crippen molar-refractivity contribution < 1.29 is 13.2 Å². The van der Waals surface area contributed by atoms with Crippen molar-refractivity contribution in [2.45, 2.75) is 0 Å². The standard InChI is InChI=1S/C9H4Cl3NO3S2/c10-7(11)8(12)17-13-9(14)5-3-1-2-4-6(5)16-18(13)15/h1-4H. The highest BCUT2D eigenvalue weighted by atomic mass is 35.5. The van der Waals surface area contributed by atoms with Crippen LogP contribution in [0.2, 0.25) is 0 Å². The number of amides is 1. The van der Waals surface area contributed by atoms with Crippen LogP contribution in [0.25, 0.3) is 0 Å². The molecule has 1 aliphatic heterocycles. The topological polar surface area (TPSA) is 46.6 Å². The number of para-hydroxylation sites is 1. The summed E-state index contributed by atoms with van der Waals surface area (Å²) >= 11 is 15.3. The predicted molar refractivity (Wildman–Crippen MR) is 73.6 cm³/mol. The van der Waals surface area contributed by atoms with Gasteiger partial charge in [0, 0.05) is 11.9 Å². The van der Waals surface area contributed by atoms with Crippen molar-refractivity contribution >= 4 is 63.9 Å². The number of fused-ring (bicyclic) bond motifs is 1. The monoisotopic (exact) mass is 343 g/mol. The fourth-order valence-corrected chi connectivity index (χ4v) is 3.26. The molecule has 0 aromatic heterocycles. The van der Waals surface area contributed by atoms with E-state index in [4.69, 9.17) is 39.0 Å². The summed E-state index contributed by atoms with van der Waals surface area (Å²) in [6.45, 7) is 0. The lowest BCUT2D eigenvalue weighted by atomic mass is 10.2. The Kier molecular flexibility index (Phi) is 4.45. The maximum atomic E-state index is 12.0. The smallest absolute Gasteiger partial charge is 0.332 e. The van der Waals surface area contributed by atoms with Crippen LogP contribution in [0.4, 0.5) is 0 Å². The van der Waals surface area contributed by atoms with Gasteiger partial charge in [0.15, 0.2) is 5.75 Å². The molecule has 0 spiro atoms. The number of benzene rings is 1. The summed E-state index contributed by atoms with van der Waals surface area (Å²) in [7, 11) is 0. The van der Waals surface area contributed by atoms with Gasteiger partial charge < -0.3 is 4.18 Å². The first kappa shape index (κ1) is 14.0. The lowest BCUT2D eigenvalue weighted by Crippen LogP contribution is -2.34. The van der Waals surface area contributed by atoms with Gasteiger partial charge >= 0.3 is 11.3 Å². The molecule has 1 aromatic carbocycles. The van der Waals surface area contributed by atoms with E-state index >= 15 is 0 Å². The van der Waals surface area contributed by atoms with Gasteiger partial charge in [-0.2, -0.15) is 7.92 Å². The van der Waals surface area contributed by atoms with Crippen LogP contribution in [-0.2, 0) is 11.3 Å². The molecule has 0 saturated carbocycles. The molecule has 4 nitrogen and oxygen atoms in total. The summed E-state index contributed by atoms with van der Waals surface area (Å²) in [6.07, 6.45) is 0. The van der Waals surface area contributed by atoms with Gasteiger partial charge in [0.25, 0.3) is 5.91 Å². The third-order valence-corrected chi connectivity index (χ3v) is 5.13. The number of carbonyl (C=O) groups is 1. The Labute approximate surface area is 125 Å².